The van der Waals surface area contributed by atoms with E-state index in [9.17, 15) is 9.59 Å². The molecule has 0 fully saturated rings. The molecule has 0 radical (unpaired) electrons. The first-order valence-electron chi connectivity index (χ1n) is 5.33. The van der Waals surface area contributed by atoms with Crippen LogP contribution in [0.1, 0.15) is 16.1 Å². The zero-order valence-corrected chi connectivity index (χ0v) is 11.2. The fraction of sp³-hybridized carbons (Fsp3) is 0.0769. The minimum atomic E-state index is -0.339. The number of rotatable bonds is 2. The first kappa shape index (κ1) is 12.6. The van der Waals surface area contributed by atoms with Crippen molar-refractivity contribution < 1.29 is 4.79 Å². The first-order chi connectivity index (χ1) is 8.56. The summed E-state index contributed by atoms with van der Waals surface area (Å²) in [5.41, 5.74) is 1.60. The molecule has 2 aromatic rings. The van der Waals surface area contributed by atoms with Gasteiger partial charge in [-0.25, -0.2) is 0 Å². The molecule has 1 amide bonds. The number of hydrogen-bond acceptors (Lipinski definition) is 2. The molecule has 4 nitrogen and oxygen atoms in total. The van der Waals surface area contributed by atoms with Crippen molar-refractivity contribution in [1.82, 2.24) is 4.98 Å². The van der Waals surface area contributed by atoms with Gasteiger partial charge in [-0.05, 0) is 30.7 Å². The van der Waals surface area contributed by atoms with Crippen molar-refractivity contribution in [1.29, 1.82) is 0 Å². The van der Waals surface area contributed by atoms with Gasteiger partial charge in [-0.2, -0.15) is 0 Å². The summed E-state index contributed by atoms with van der Waals surface area (Å²) < 4.78 is 0.880. The zero-order valence-electron chi connectivity index (χ0n) is 9.66. The number of nitrogens with one attached hydrogen (secondary N) is 2. The topological polar surface area (TPSA) is 62.0 Å². The van der Waals surface area contributed by atoms with Gasteiger partial charge in [-0.15, -0.1) is 0 Å². The highest BCUT2D eigenvalue weighted by Crippen LogP contribution is 2.20. The maximum Gasteiger partial charge on any atom is 0.272 e. The highest BCUT2D eigenvalue weighted by atomic mass is 79.9. The lowest BCUT2D eigenvalue weighted by Gasteiger charge is -2.08. The quantitative estimate of drug-likeness (QED) is 0.896. The van der Waals surface area contributed by atoms with Gasteiger partial charge in [0.1, 0.15) is 5.69 Å². The number of pyridine rings is 1. The Balaban J connectivity index is 2.26. The van der Waals surface area contributed by atoms with E-state index in [1.165, 1.54) is 6.07 Å². The van der Waals surface area contributed by atoms with Gasteiger partial charge < -0.3 is 10.3 Å². The summed E-state index contributed by atoms with van der Waals surface area (Å²) in [5, 5.41) is 2.76. The minimum absolute atomic E-state index is 0.238. The number of carbonyl (C=O) groups excluding carboxylic acids is 1. The van der Waals surface area contributed by atoms with E-state index in [1.807, 2.05) is 25.1 Å². The summed E-state index contributed by atoms with van der Waals surface area (Å²) in [4.78, 5) is 25.5. The molecule has 18 heavy (non-hydrogen) atoms. The Hall–Kier alpha value is -1.88. The molecular formula is C13H11BrN2O2. The molecule has 92 valence electrons. The third-order valence-corrected chi connectivity index (χ3v) is 2.95. The van der Waals surface area contributed by atoms with Crippen LogP contribution in [0.4, 0.5) is 5.69 Å². The van der Waals surface area contributed by atoms with Gasteiger partial charge in [0, 0.05) is 16.2 Å². The molecule has 0 spiro atoms. The van der Waals surface area contributed by atoms with Crippen LogP contribution in [0.3, 0.4) is 0 Å². The summed E-state index contributed by atoms with van der Waals surface area (Å²) in [5.74, 6) is -0.339. The standard InChI is InChI=1S/C13H11BrN2O2/c1-8-5-6-9(14)7-11(8)16-13(18)10-3-2-4-12(17)15-10/h2-7H,1H3,(H,15,17)(H,16,18). The Kier molecular flexibility index (Phi) is 3.62. The Labute approximate surface area is 112 Å². The van der Waals surface area contributed by atoms with E-state index in [-0.39, 0.29) is 17.2 Å². The number of halogens is 1. The number of H-pyrrole nitrogens is 1. The van der Waals surface area contributed by atoms with E-state index in [1.54, 1.807) is 12.1 Å². The van der Waals surface area contributed by atoms with E-state index in [0.717, 1.165) is 10.0 Å². The molecule has 0 unspecified atom stereocenters. The number of hydrogen-bond donors (Lipinski definition) is 2. The van der Waals surface area contributed by atoms with Crippen LogP contribution in [0.5, 0.6) is 0 Å². The van der Waals surface area contributed by atoms with E-state index < -0.39 is 0 Å². The van der Waals surface area contributed by atoms with Crippen molar-refractivity contribution >= 4 is 27.5 Å². The molecule has 0 bridgehead atoms. The van der Waals surface area contributed by atoms with E-state index in [4.69, 9.17) is 0 Å². The summed E-state index contributed by atoms with van der Waals surface area (Å²) in [6.45, 7) is 1.90. The van der Waals surface area contributed by atoms with Crippen LogP contribution in [-0.4, -0.2) is 10.9 Å². The second-order valence-corrected chi connectivity index (χ2v) is 4.76. The van der Waals surface area contributed by atoms with Crippen molar-refractivity contribution in [2.24, 2.45) is 0 Å². The molecule has 2 rings (SSSR count). The lowest BCUT2D eigenvalue weighted by Crippen LogP contribution is -2.18. The SMILES string of the molecule is Cc1ccc(Br)cc1NC(=O)c1cccc(=O)[nH]1. The third-order valence-electron chi connectivity index (χ3n) is 2.46. The van der Waals surface area contributed by atoms with Crippen molar-refractivity contribution in [2.45, 2.75) is 6.92 Å². The van der Waals surface area contributed by atoms with Gasteiger partial charge in [0.15, 0.2) is 0 Å². The van der Waals surface area contributed by atoms with Crippen LogP contribution < -0.4 is 10.9 Å². The van der Waals surface area contributed by atoms with Gasteiger partial charge in [0.05, 0.1) is 0 Å². The summed E-state index contributed by atoms with van der Waals surface area (Å²) >= 11 is 3.34. The van der Waals surface area contributed by atoms with Crippen molar-refractivity contribution in [3.63, 3.8) is 0 Å². The van der Waals surface area contributed by atoms with Crippen LogP contribution in [-0.2, 0) is 0 Å². The van der Waals surface area contributed by atoms with Crippen molar-refractivity contribution in [3.8, 4) is 0 Å². The van der Waals surface area contributed by atoms with E-state index >= 15 is 0 Å². The summed E-state index contributed by atoms with van der Waals surface area (Å²) in [6, 6.07) is 10.1. The minimum Gasteiger partial charge on any atom is -0.320 e. The van der Waals surface area contributed by atoms with Gasteiger partial charge in [-0.1, -0.05) is 28.1 Å². The lowest BCUT2D eigenvalue weighted by molar-refractivity contribution is 0.102. The van der Waals surface area contributed by atoms with Crippen LogP contribution in [0, 0.1) is 6.92 Å². The zero-order chi connectivity index (χ0) is 13.1. The molecule has 5 heteroatoms. The monoisotopic (exact) mass is 306 g/mol. The highest BCUT2D eigenvalue weighted by Gasteiger charge is 2.08. The first-order valence-corrected chi connectivity index (χ1v) is 6.12. The number of amides is 1. The molecule has 2 N–H and O–H groups in total. The fourth-order valence-electron chi connectivity index (χ4n) is 1.50. The van der Waals surface area contributed by atoms with Crippen LogP contribution >= 0.6 is 15.9 Å². The predicted molar refractivity (Wildman–Crippen MR) is 73.9 cm³/mol. The number of aromatic nitrogens is 1. The maximum atomic E-state index is 11.9. The second kappa shape index (κ2) is 5.18. The van der Waals surface area contributed by atoms with Gasteiger partial charge in [0.25, 0.3) is 5.91 Å². The number of anilines is 1. The van der Waals surface area contributed by atoms with Crippen LogP contribution in [0.15, 0.2) is 45.7 Å². The highest BCUT2D eigenvalue weighted by molar-refractivity contribution is 9.10. The van der Waals surface area contributed by atoms with Crippen molar-refractivity contribution in [3.05, 3.63) is 62.5 Å². The molecule has 0 aliphatic carbocycles. The smallest absolute Gasteiger partial charge is 0.272 e. The normalized spacial score (nSPS) is 10.1. The summed E-state index contributed by atoms with van der Waals surface area (Å²) in [6.07, 6.45) is 0. The molecule has 1 aromatic carbocycles. The molecule has 0 atom stereocenters. The Morgan fingerprint density at radius 2 is 2.06 bits per heavy atom. The predicted octanol–water partition coefficient (Wildman–Crippen LogP) is 2.70. The van der Waals surface area contributed by atoms with Gasteiger partial charge in [-0.3, -0.25) is 9.59 Å². The molecule has 1 aromatic heterocycles. The van der Waals surface area contributed by atoms with Gasteiger partial charge >= 0.3 is 0 Å². The number of carbonyl (C=O) groups is 1. The third kappa shape index (κ3) is 2.87. The summed E-state index contributed by atoms with van der Waals surface area (Å²) in [7, 11) is 0. The van der Waals surface area contributed by atoms with Crippen LogP contribution in [0.2, 0.25) is 0 Å². The lowest BCUT2D eigenvalue weighted by atomic mass is 10.2. The van der Waals surface area contributed by atoms with Gasteiger partial charge in [0.2, 0.25) is 5.56 Å². The number of aryl methyl sites for hydroxylation is 1. The molecule has 1 heterocycles. The Bertz CT molecular complexity index is 649. The van der Waals surface area contributed by atoms with E-state index in [2.05, 4.69) is 26.2 Å². The Morgan fingerprint density at radius 3 is 2.78 bits per heavy atom. The average molecular weight is 307 g/mol. The molecular weight excluding hydrogens is 296 g/mol. The maximum absolute atomic E-state index is 11.9. The van der Waals surface area contributed by atoms with Crippen LogP contribution in [0.25, 0.3) is 0 Å². The number of aromatic amines is 1. The fourth-order valence-corrected chi connectivity index (χ4v) is 1.86. The molecule has 0 aliphatic heterocycles. The largest absolute Gasteiger partial charge is 0.320 e. The Morgan fingerprint density at radius 1 is 1.28 bits per heavy atom. The number of benzene rings is 1. The van der Waals surface area contributed by atoms with Crippen molar-refractivity contribution in [2.75, 3.05) is 5.32 Å². The molecule has 0 saturated carbocycles. The van der Waals surface area contributed by atoms with E-state index in [0.29, 0.717) is 5.69 Å². The second-order valence-electron chi connectivity index (χ2n) is 3.84. The average Bonchev–Trinajstić information content (AvgIpc) is 2.34. The molecule has 0 aliphatic rings. The molecule has 0 saturated heterocycles.